The number of hydrogen-bond donors (Lipinski definition) is 2. The summed E-state index contributed by atoms with van der Waals surface area (Å²) in [5.41, 5.74) is 0.668. The largest absolute Gasteiger partial charge is 0.486 e. The first-order valence-corrected chi connectivity index (χ1v) is 9.85. The summed E-state index contributed by atoms with van der Waals surface area (Å²) in [7, 11) is 0. The second-order valence-electron chi connectivity index (χ2n) is 5.64. The number of nitrogens with zero attached hydrogens (tertiary/aromatic N) is 3. The quantitative estimate of drug-likeness (QED) is 0.563. The number of aromatic amines is 1. The van der Waals surface area contributed by atoms with E-state index in [1.54, 1.807) is 31.2 Å². The van der Waals surface area contributed by atoms with E-state index in [2.05, 4.69) is 20.5 Å². The number of carbonyl (C=O) groups excluding carboxylic acids is 1. The van der Waals surface area contributed by atoms with Gasteiger partial charge in [-0.1, -0.05) is 11.6 Å². The predicted octanol–water partition coefficient (Wildman–Crippen LogP) is 3.89. The lowest BCUT2D eigenvalue weighted by molar-refractivity contribution is 0.0952. The van der Waals surface area contributed by atoms with Crippen LogP contribution in [0.5, 0.6) is 5.75 Å². The van der Waals surface area contributed by atoms with Gasteiger partial charge in [-0.05, 0) is 50.3 Å². The van der Waals surface area contributed by atoms with Gasteiger partial charge in [0.1, 0.15) is 22.2 Å². The highest BCUT2D eigenvalue weighted by Gasteiger charge is 2.16. The summed E-state index contributed by atoms with van der Waals surface area (Å²) >= 11 is 12.3. The van der Waals surface area contributed by atoms with E-state index in [-0.39, 0.29) is 19.1 Å². The Morgan fingerprint density at radius 1 is 1.41 bits per heavy atom. The van der Waals surface area contributed by atoms with Gasteiger partial charge in [-0.2, -0.15) is 5.10 Å². The highest BCUT2D eigenvalue weighted by Crippen LogP contribution is 2.21. The van der Waals surface area contributed by atoms with Crippen molar-refractivity contribution in [1.29, 1.82) is 0 Å². The van der Waals surface area contributed by atoms with Crippen LogP contribution in [0.2, 0.25) is 5.02 Å². The smallest absolute Gasteiger partial charge is 0.263 e. The highest BCUT2D eigenvalue weighted by atomic mass is 35.5. The molecule has 0 atom stereocenters. The number of halogens is 1. The molecule has 0 aliphatic heterocycles. The van der Waals surface area contributed by atoms with Crippen molar-refractivity contribution in [3.05, 3.63) is 55.5 Å². The third kappa shape index (κ3) is 4.74. The monoisotopic (exact) mass is 423 g/mol. The van der Waals surface area contributed by atoms with Crippen molar-refractivity contribution in [2.24, 2.45) is 0 Å². The van der Waals surface area contributed by atoms with Gasteiger partial charge in [0.15, 0.2) is 10.6 Å². The van der Waals surface area contributed by atoms with Gasteiger partial charge < -0.3 is 14.6 Å². The summed E-state index contributed by atoms with van der Waals surface area (Å²) < 4.78 is 8.06. The van der Waals surface area contributed by atoms with Crippen LogP contribution in [0.25, 0.3) is 0 Å². The summed E-state index contributed by atoms with van der Waals surface area (Å²) in [6, 6.07) is 7.09. The Morgan fingerprint density at radius 3 is 2.85 bits per heavy atom. The molecule has 27 heavy (non-hydrogen) atoms. The maximum absolute atomic E-state index is 12.5. The fraction of sp³-hybridized carbons (Fsp3) is 0.294. The van der Waals surface area contributed by atoms with Gasteiger partial charge in [0, 0.05) is 11.6 Å². The van der Waals surface area contributed by atoms with E-state index in [1.165, 1.54) is 11.3 Å². The number of nitrogens with one attached hydrogen (secondary N) is 2. The zero-order chi connectivity index (χ0) is 19.4. The summed E-state index contributed by atoms with van der Waals surface area (Å²) in [5.74, 6) is 1.18. The van der Waals surface area contributed by atoms with E-state index < -0.39 is 0 Å². The number of carbonyl (C=O) groups is 1. The maximum Gasteiger partial charge on any atom is 0.263 e. The van der Waals surface area contributed by atoms with E-state index in [0.29, 0.717) is 38.5 Å². The number of aryl methyl sites for hydroxylation is 1. The SMILES string of the molecule is CCn1c(CNC(=O)c2sc(COc3ccc(Cl)cc3)nc2C)n[nH]c1=S. The van der Waals surface area contributed by atoms with Crippen molar-refractivity contribution in [3.8, 4) is 5.75 Å². The van der Waals surface area contributed by atoms with Gasteiger partial charge in [-0.3, -0.25) is 9.89 Å². The molecular weight excluding hydrogens is 406 g/mol. The number of benzene rings is 1. The number of rotatable bonds is 7. The van der Waals surface area contributed by atoms with Crippen LogP contribution >= 0.6 is 35.2 Å². The third-order valence-electron chi connectivity index (χ3n) is 3.78. The minimum Gasteiger partial charge on any atom is -0.486 e. The minimum atomic E-state index is -0.195. The molecule has 0 radical (unpaired) electrons. The van der Waals surface area contributed by atoms with Crippen molar-refractivity contribution in [1.82, 2.24) is 25.1 Å². The van der Waals surface area contributed by atoms with Crippen molar-refractivity contribution in [3.63, 3.8) is 0 Å². The van der Waals surface area contributed by atoms with Crippen LogP contribution in [0.15, 0.2) is 24.3 Å². The molecule has 0 aliphatic carbocycles. The van der Waals surface area contributed by atoms with Crippen LogP contribution in [0.1, 0.15) is 33.1 Å². The Bertz CT molecular complexity index is 994. The van der Waals surface area contributed by atoms with Gasteiger partial charge in [-0.15, -0.1) is 11.3 Å². The Balaban J connectivity index is 1.62. The molecule has 0 unspecified atom stereocenters. The third-order valence-corrected chi connectivity index (χ3v) is 5.48. The number of ether oxygens (including phenoxy) is 1. The zero-order valence-electron chi connectivity index (χ0n) is 14.8. The summed E-state index contributed by atoms with van der Waals surface area (Å²) in [6.07, 6.45) is 0. The molecule has 3 rings (SSSR count). The number of hydrogen-bond acceptors (Lipinski definition) is 6. The fourth-order valence-electron chi connectivity index (χ4n) is 2.45. The van der Waals surface area contributed by atoms with E-state index in [4.69, 9.17) is 28.6 Å². The standard InChI is InChI=1S/C17H18ClN5O2S2/c1-3-23-13(21-22-17(23)26)8-19-16(24)15-10(2)20-14(27-15)9-25-12-6-4-11(18)5-7-12/h4-7H,3,8-9H2,1-2H3,(H,19,24)(H,22,26). The molecule has 0 saturated heterocycles. The lowest BCUT2D eigenvalue weighted by Crippen LogP contribution is -2.24. The molecule has 0 spiro atoms. The molecule has 2 heterocycles. The van der Waals surface area contributed by atoms with E-state index >= 15 is 0 Å². The first-order valence-electron chi connectivity index (χ1n) is 8.25. The molecule has 2 N–H and O–H groups in total. The lowest BCUT2D eigenvalue weighted by atomic mass is 10.3. The van der Waals surface area contributed by atoms with Gasteiger partial charge in [-0.25, -0.2) is 4.98 Å². The number of thiazole rings is 1. The molecule has 0 aliphatic rings. The molecule has 1 amide bonds. The second kappa shape index (κ2) is 8.64. The van der Waals surface area contributed by atoms with Gasteiger partial charge in [0.25, 0.3) is 5.91 Å². The molecule has 3 aromatic rings. The summed E-state index contributed by atoms with van der Waals surface area (Å²) in [4.78, 5) is 17.5. The minimum absolute atomic E-state index is 0.195. The Labute approximate surface area is 170 Å². The normalized spacial score (nSPS) is 10.8. The van der Waals surface area contributed by atoms with E-state index in [9.17, 15) is 4.79 Å². The van der Waals surface area contributed by atoms with Crippen molar-refractivity contribution in [2.75, 3.05) is 0 Å². The molecule has 0 fully saturated rings. The van der Waals surface area contributed by atoms with Crippen molar-refractivity contribution >= 4 is 41.1 Å². The molecule has 10 heteroatoms. The topological polar surface area (TPSA) is 84.8 Å². The number of aromatic nitrogens is 4. The van der Waals surface area contributed by atoms with Crippen molar-refractivity contribution in [2.45, 2.75) is 33.5 Å². The van der Waals surface area contributed by atoms with Crippen LogP contribution in [0.3, 0.4) is 0 Å². The van der Waals surface area contributed by atoms with Crippen LogP contribution in [0.4, 0.5) is 0 Å². The highest BCUT2D eigenvalue weighted by molar-refractivity contribution is 7.71. The van der Waals surface area contributed by atoms with Gasteiger partial charge in [0.05, 0.1) is 12.2 Å². The molecule has 142 valence electrons. The number of H-pyrrole nitrogens is 1. The van der Waals surface area contributed by atoms with Crippen molar-refractivity contribution < 1.29 is 9.53 Å². The Kier molecular flexibility index (Phi) is 6.25. The average Bonchev–Trinajstić information content (AvgIpc) is 3.21. The Hall–Kier alpha value is -2.23. The first-order chi connectivity index (χ1) is 13.0. The maximum atomic E-state index is 12.5. The van der Waals surface area contributed by atoms with Crippen LogP contribution in [-0.2, 0) is 19.7 Å². The molecule has 0 saturated carbocycles. The zero-order valence-corrected chi connectivity index (χ0v) is 17.2. The van der Waals surface area contributed by atoms with Crippen LogP contribution in [-0.4, -0.2) is 25.7 Å². The van der Waals surface area contributed by atoms with Crippen LogP contribution in [0, 0.1) is 11.7 Å². The summed E-state index contributed by atoms with van der Waals surface area (Å²) in [5, 5.41) is 11.1. The van der Waals surface area contributed by atoms with Crippen LogP contribution < -0.4 is 10.1 Å². The molecule has 1 aromatic carbocycles. The first kappa shape index (κ1) is 19.5. The predicted molar refractivity (Wildman–Crippen MR) is 107 cm³/mol. The summed E-state index contributed by atoms with van der Waals surface area (Å²) in [6.45, 7) is 5.03. The molecule has 2 aromatic heterocycles. The number of amides is 1. The Morgan fingerprint density at radius 2 is 2.15 bits per heavy atom. The molecule has 0 bridgehead atoms. The second-order valence-corrected chi connectivity index (χ2v) is 7.54. The average molecular weight is 424 g/mol. The lowest BCUT2D eigenvalue weighted by Gasteiger charge is -2.05. The fourth-order valence-corrected chi connectivity index (χ4v) is 3.75. The molecular formula is C17H18ClN5O2S2. The molecule has 7 nitrogen and oxygen atoms in total. The van der Waals surface area contributed by atoms with Gasteiger partial charge in [0.2, 0.25) is 0 Å². The van der Waals surface area contributed by atoms with E-state index in [1.807, 2.05) is 11.5 Å². The van der Waals surface area contributed by atoms with Gasteiger partial charge >= 0.3 is 0 Å². The van der Waals surface area contributed by atoms with E-state index in [0.717, 1.165) is 5.01 Å².